The average molecular weight is 193 g/mol. The minimum atomic E-state index is -0.371. The van der Waals surface area contributed by atoms with Crippen LogP contribution in [0.3, 0.4) is 0 Å². The first-order valence-electron chi connectivity index (χ1n) is 4.88. The molecule has 0 bridgehead atoms. The lowest BCUT2D eigenvalue weighted by molar-refractivity contribution is 0.485. The van der Waals surface area contributed by atoms with Crippen LogP contribution in [0.15, 0.2) is 18.3 Å². The number of hydrogen-bond acceptors (Lipinski definition) is 3. The number of nitrogens with zero attached hydrogens (tertiary/aromatic N) is 1. The van der Waals surface area contributed by atoms with Crippen molar-refractivity contribution in [1.82, 2.24) is 10.3 Å². The second kappa shape index (κ2) is 2.74. The molecule has 1 aromatic rings. The van der Waals surface area contributed by atoms with Crippen LogP contribution in [0.1, 0.15) is 11.6 Å². The van der Waals surface area contributed by atoms with E-state index in [1.54, 1.807) is 12.1 Å². The van der Waals surface area contributed by atoms with Crippen molar-refractivity contribution in [2.24, 2.45) is 17.6 Å². The standard InChI is InChI=1S/C10H12FN3/c11-10-5(2-1-3-13-10)9-7-6(4-14-9)8(7)12/h1-3,6-9,14H,4,12H2. The number of aromatic nitrogens is 1. The van der Waals surface area contributed by atoms with Crippen molar-refractivity contribution < 1.29 is 4.39 Å². The number of fused-ring (bicyclic) bond motifs is 1. The summed E-state index contributed by atoms with van der Waals surface area (Å²) in [6, 6.07) is 3.87. The van der Waals surface area contributed by atoms with Gasteiger partial charge in [-0.15, -0.1) is 0 Å². The lowest BCUT2D eigenvalue weighted by Crippen LogP contribution is -2.26. The molecular weight excluding hydrogens is 181 g/mol. The molecule has 2 heterocycles. The molecule has 0 spiro atoms. The highest BCUT2D eigenvalue weighted by molar-refractivity contribution is 5.25. The quantitative estimate of drug-likeness (QED) is 0.636. The molecule has 1 aromatic heterocycles. The van der Waals surface area contributed by atoms with Gasteiger partial charge in [-0.05, 0) is 17.9 Å². The summed E-state index contributed by atoms with van der Waals surface area (Å²) in [5.74, 6) is 0.582. The van der Waals surface area contributed by atoms with Gasteiger partial charge in [0.05, 0.1) is 0 Å². The summed E-state index contributed by atoms with van der Waals surface area (Å²) < 4.78 is 13.4. The molecule has 2 fully saturated rings. The maximum absolute atomic E-state index is 13.4. The number of pyridine rings is 1. The predicted octanol–water partition coefficient (Wildman–Crippen LogP) is 0.438. The van der Waals surface area contributed by atoms with Crippen molar-refractivity contribution >= 4 is 0 Å². The van der Waals surface area contributed by atoms with Crippen LogP contribution in [0.5, 0.6) is 0 Å². The van der Waals surface area contributed by atoms with E-state index < -0.39 is 0 Å². The van der Waals surface area contributed by atoms with Crippen LogP contribution in [-0.4, -0.2) is 17.6 Å². The van der Waals surface area contributed by atoms with E-state index in [1.807, 2.05) is 0 Å². The summed E-state index contributed by atoms with van der Waals surface area (Å²) in [5, 5.41) is 3.28. The highest BCUT2D eigenvalue weighted by atomic mass is 19.1. The van der Waals surface area contributed by atoms with Gasteiger partial charge < -0.3 is 11.1 Å². The molecule has 4 unspecified atom stereocenters. The van der Waals surface area contributed by atoms with Gasteiger partial charge in [-0.3, -0.25) is 0 Å². The first-order chi connectivity index (χ1) is 6.79. The molecular formula is C10H12FN3. The second-order valence-electron chi connectivity index (χ2n) is 4.09. The molecule has 3 rings (SSSR count). The molecule has 3 N–H and O–H groups in total. The molecule has 4 atom stereocenters. The van der Waals surface area contributed by atoms with Gasteiger partial charge in [-0.2, -0.15) is 4.39 Å². The van der Waals surface area contributed by atoms with Crippen LogP contribution in [0.25, 0.3) is 0 Å². The molecule has 2 aliphatic rings. The smallest absolute Gasteiger partial charge is 0.217 e. The molecule has 0 aromatic carbocycles. The van der Waals surface area contributed by atoms with E-state index in [0.717, 1.165) is 6.54 Å². The van der Waals surface area contributed by atoms with Crippen LogP contribution in [-0.2, 0) is 0 Å². The van der Waals surface area contributed by atoms with Crippen LogP contribution >= 0.6 is 0 Å². The van der Waals surface area contributed by atoms with Crippen LogP contribution in [0.2, 0.25) is 0 Å². The summed E-state index contributed by atoms with van der Waals surface area (Å²) in [6.07, 6.45) is 1.47. The number of nitrogens with one attached hydrogen (secondary N) is 1. The minimum Gasteiger partial charge on any atom is -0.327 e. The Morgan fingerprint density at radius 2 is 2.43 bits per heavy atom. The summed E-state index contributed by atoms with van der Waals surface area (Å²) in [4.78, 5) is 3.65. The number of hydrogen-bond donors (Lipinski definition) is 2. The van der Waals surface area contributed by atoms with Crippen molar-refractivity contribution in [2.75, 3.05) is 6.54 Å². The normalized spacial score (nSPS) is 39.6. The van der Waals surface area contributed by atoms with Crippen molar-refractivity contribution in [3.05, 3.63) is 29.8 Å². The Labute approximate surface area is 81.5 Å². The van der Waals surface area contributed by atoms with E-state index >= 15 is 0 Å². The maximum Gasteiger partial charge on any atom is 0.217 e. The van der Waals surface area contributed by atoms with Gasteiger partial charge in [0.25, 0.3) is 0 Å². The lowest BCUT2D eigenvalue weighted by Gasteiger charge is -2.14. The molecule has 0 radical (unpaired) electrons. The Hall–Kier alpha value is -1.00. The van der Waals surface area contributed by atoms with E-state index in [4.69, 9.17) is 5.73 Å². The fourth-order valence-electron chi connectivity index (χ4n) is 2.52. The lowest BCUT2D eigenvalue weighted by atomic mass is 10.1. The van der Waals surface area contributed by atoms with Crippen molar-refractivity contribution in [2.45, 2.75) is 12.1 Å². The van der Waals surface area contributed by atoms with Gasteiger partial charge in [0.15, 0.2) is 0 Å². The van der Waals surface area contributed by atoms with Crippen molar-refractivity contribution in [1.29, 1.82) is 0 Å². The largest absolute Gasteiger partial charge is 0.327 e. The van der Waals surface area contributed by atoms with E-state index in [1.165, 1.54) is 6.20 Å². The third kappa shape index (κ3) is 1.01. The van der Waals surface area contributed by atoms with Gasteiger partial charge in [0, 0.05) is 30.4 Å². The van der Waals surface area contributed by atoms with Crippen LogP contribution in [0, 0.1) is 17.8 Å². The van der Waals surface area contributed by atoms with Crippen molar-refractivity contribution in [3.8, 4) is 0 Å². The molecule has 0 amide bonds. The van der Waals surface area contributed by atoms with E-state index in [0.29, 0.717) is 17.4 Å². The van der Waals surface area contributed by atoms with Crippen LogP contribution < -0.4 is 11.1 Å². The minimum absolute atomic E-state index is 0.0729. The third-order valence-electron chi connectivity index (χ3n) is 3.37. The zero-order valence-electron chi connectivity index (χ0n) is 7.65. The molecule has 1 aliphatic carbocycles. The summed E-state index contributed by atoms with van der Waals surface area (Å²) in [7, 11) is 0. The second-order valence-corrected chi connectivity index (χ2v) is 4.09. The maximum atomic E-state index is 13.4. The predicted molar refractivity (Wildman–Crippen MR) is 49.9 cm³/mol. The van der Waals surface area contributed by atoms with Gasteiger partial charge in [-0.1, -0.05) is 6.07 Å². The summed E-state index contributed by atoms with van der Waals surface area (Å²) in [5.41, 5.74) is 6.53. The fraction of sp³-hybridized carbons (Fsp3) is 0.500. The average Bonchev–Trinajstić information content (AvgIpc) is 2.64. The zero-order chi connectivity index (χ0) is 9.71. The SMILES string of the molecule is NC1C2CNC(c3cccnc3F)C12. The Morgan fingerprint density at radius 3 is 3.07 bits per heavy atom. The van der Waals surface area contributed by atoms with E-state index in [9.17, 15) is 4.39 Å². The first kappa shape index (κ1) is 8.32. The number of rotatable bonds is 1. The molecule has 1 aliphatic heterocycles. The number of piperidine rings is 1. The Bertz CT molecular complexity index is 368. The van der Waals surface area contributed by atoms with E-state index in [-0.39, 0.29) is 18.0 Å². The van der Waals surface area contributed by atoms with Gasteiger partial charge >= 0.3 is 0 Å². The number of nitrogens with two attached hydrogens (primary N) is 1. The van der Waals surface area contributed by atoms with Gasteiger partial charge in [0.1, 0.15) is 0 Å². The molecule has 74 valence electrons. The molecule has 1 saturated heterocycles. The zero-order valence-corrected chi connectivity index (χ0v) is 7.65. The van der Waals surface area contributed by atoms with Gasteiger partial charge in [-0.25, -0.2) is 4.98 Å². The molecule has 4 heteroatoms. The monoisotopic (exact) mass is 193 g/mol. The fourth-order valence-corrected chi connectivity index (χ4v) is 2.52. The molecule has 3 nitrogen and oxygen atoms in total. The first-order valence-corrected chi connectivity index (χ1v) is 4.88. The summed E-state index contributed by atoms with van der Waals surface area (Å²) >= 11 is 0. The number of halogens is 1. The van der Waals surface area contributed by atoms with E-state index in [2.05, 4.69) is 10.3 Å². The Balaban J connectivity index is 1.93. The third-order valence-corrected chi connectivity index (χ3v) is 3.37. The summed E-state index contributed by atoms with van der Waals surface area (Å²) in [6.45, 7) is 0.908. The highest BCUT2D eigenvalue weighted by Crippen LogP contribution is 2.50. The highest BCUT2D eigenvalue weighted by Gasteiger charge is 2.56. The molecule has 1 saturated carbocycles. The van der Waals surface area contributed by atoms with Crippen LogP contribution in [0.4, 0.5) is 4.39 Å². The molecule has 14 heavy (non-hydrogen) atoms. The Morgan fingerprint density at radius 1 is 1.57 bits per heavy atom. The van der Waals surface area contributed by atoms with Crippen molar-refractivity contribution in [3.63, 3.8) is 0 Å². The topological polar surface area (TPSA) is 50.9 Å². The van der Waals surface area contributed by atoms with Gasteiger partial charge in [0.2, 0.25) is 5.95 Å². The Kier molecular flexibility index (Phi) is 1.63.